The van der Waals surface area contributed by atoms with Crippen LogP contribution < -0.4 is 4.72 Å². The fourth-order valence-electron chi connectivity index (χ4n) is 1.88. The number of rotatable bonds is 6. The number of nitrogens with zero attached hydrogens (tertiary/aromatic N) is 2. The largest absolute Gasteiger partial charge is 0.337 e. The third-order valence-corrected chi connectivity index (χ3v) is 5.16. The van der Waals surface area contributed by atoms with Crippen LogP contribution in [0.25, 0.3) is 0 Å². The summed E-state index contributed by atoms with van der Waals surface area (Å²) in [7, 11) is -3.43. The second kappa shape index (κ2) is 6.68. The van der Waals surface area contributed by atoms with Crippen molar-refractivity contribution in [3.8, 4) is 0 Å². The molecule has 0 aliphatic carbocycles. The fourth-order valence-corrected chi connectivity index (χ4v) is 3.82. The second-order valence-electron chi connectivity index (χ2n) is 4.46. The van der Waals surface area contributed by atoms with Gasteiger partial charge in [-0.05, 0) is 59.7 Å². The summed E-state index contributed by atoms with van der Waals surface area (Å²) in [5.74, 6) is 0. The molecule has 0 unspecified atom stereocenters. The monoisotopic (exact) mass is 405 g/mol. The van der Waals surface area contributed by atoms with E-state index >= 15 is 0 Å². The summed E-state index contributed by atoms with van der Waals surface area (Å²) < 4.78 is 30.0. The summed E-state index contributed by atoms with van der Waals surface area (Å²) >= 11 is 2.17. The van der Waals surface area contributed by atoms with Gasteiger partial charge in [-0.15, -0.1) is 0 Å². The topological polar surface area (TPSA) is 64.0 Å². The Kier molecular flexibility index (Phi) is 5.17. The van der Waals surface area contributed by atoms with Gasteiger partial charge in [0.15, 0.2) is 0 Å². The first kappa shape index (κ1) is 15.5. The van der Waals surface area contributed by atoms with Crippen LogP contribution >= 0.6 is 22.6 Å². The van der Waals surface area contributed by atoms with Crippen molar-refractivity contribution in [2.24, 2.45) is 0 Å². The number of imidazole rings is 1. The Morgan fingerprint density at radius 1 is 1.40 bits per heavy atom. The zero-order valence-electron chi connectivity index (χ0n) is 11.1. The van der Waals surface area contributed by atoms with Crippen molar-refractivity contribution in [3.63, 3.8) is 0 Å². The summed E-state index contributed by atoms with van der Waals surface area (Å²) in [6.45, 7) is 2.96. The van der Waals surface area contributed by atoms with Gasteiger partial charge in [0.2, 0.25) is 10.0 Å². The van der Waals surface area contributed by atoms with Crippen LogP contribution in [0.3, 0.4) is 0 Å². The van der Waals surface area contributed by atoms with Crippen molar-refractivity contribution in [2.45, 2.75) is 24.8 Å². The maximum absolute atomic E-state index is 12.2. The number of halogens is 1. The lowest BCUT2D eigenvalue weighted by molar-refractivity contribution is 0.569. The van der Waals surface area contributed by atoms with Crippen molar-refractivity contribution >= 4 is 32.6 Å². The molecule has 108 valence electrons. The first-order chi connectivity index (χ1) is 9.49. The lowest BCUT2D eigenvalue weighted by Crippen LogP contribution is -2.26. The Balaban J connectivity index is 1.93. The third-order valence-electron chi connectivity index (χ3n) is 2.87. The van der Waals surface area contributed by atoms with Gasteiger partial charge in [-0.3, -0.25) is 0 Å². The van der Waals surface area contributed by atoms with Crippen LogP contribution in [0.2, 0.25) is 0 Å². The molecule has 0 amide bonds. The van der Waals surface area contributed by atoms with E-state index in [-0.39, 0.29) is 0 Å². The molecular weight excluding hydrogens is 389 g/mol. The predicted octanol–water partition coefficient (Wildman–Crippen LogP) is 2.16. The van der Waals surface area contributed by atoms with Crippen molar-refractivity contribution in [2.75, 3.05) is 6.54 Å². The molecule has 7 heteroatoms. The molecule has 1 aromatic carbocycles. The van der Waals surface area contributed by atoms with Gasteiger partial charge in [0.05, 0.1) is 11.2 Å². The number of aromatic nitrogens is 2. The SMILES string of the molecule is Cc1cc(I)ccc1S(=O)(=O)NCCCn1ccnc1. The molecule has 2 rings (SSSR count). The van der Waals surface area contributed by atoms with E-state index in [1.54, 1.807) is 24.7 Å². The number of benzene rings is 1. The van der Waals surface area contributed by atoms with E-state index in [4.69, 9.17) is 0 Å². The van der Waals surface area contributed by atoms with Crippen molar-refractivity contribution in [3.05, 3.63) is 46.1 Å². The number of hydrogen-bond acceptors (Lipinski definition) is 3. The number of hydrogen-bond donors (Lipinski definition) is 1. The van der Waals surface area contributed by atoms with Crippen LogP contribution in [0, 0.1) is 10.5 Å². The van der Waals surface area contributed by atoms with E-state index < -0.39 is 10.0 Å². The van der Waals surface area contributed by atoms with Crippen LogP contribution in [0.1, 0.15) is 12.0 Å². The van der Waals surface area contributed by atoms with Crippen LogP contribution in [0.4, 0.5) is 0 Å². The molecule has 0 aliphatic heterocycles. The highest BCUT2D eigenvalue weighted by Gasteiger charge is 2.15. The summed E-state index contributed by atoms with van der Waals surface area (Å²) in [5, 5.41) is 0. The quantitative estimate of drug-likeness (QED) is 0.592. The minimum Gasteiger partial charge on any atom is -0.337 e. The molecule has 0 fully saturated rings. The highest BCUT2D eigenvalue weighted by atomic mass is 127. The van der Waals surface area contributed by atoms with E-state index in [2.05, 4.69) is 32.3 Å². The van der Waals surface area contributed by atoms with E-state index in [0.717, 1.165) is 22.1 Å². The average Bonchev–Trinajstić information content (AvgIpc) is 2.87. The Morgan fingerprint density at radius 3 is 2.85 bits per heavy atom. The van der Waals surface area contributed by atoms with Crippen molar-refractivity contribution in [1.29, 1.82) is 0 Å². The van der Waals surface area contributed by atoms with Gasteiger partial charge >= 0.3 is 0 Å². The van der Waals surface area contributed by atoms with E-state index in [9.17, 15) is 8.42 Å². The Labute approximate surface area is 132 Å². The van der Waals surface area contributed by atoms with E-state index in [1.165, 1.54) is 0 Å². The zero-order valence-corrected chi connectivity index (χ0v) is 14.1. The van der Waals surface area contributed by atoms with Gasteiger partial charge in [0, 0.05) is 29.1 Å². The van der Waals surface area contributed by atoms with Crippen LogP contribution in [-0.4, -0.2) is 24.5 Å². The Hall–Kier alpha value is -0.930. The van der Waals surface area contributed by atoms with Crippen LogP contribution in [0.5, 0.6) is 0 Å². The molecular formula is C13H16IN3O2S. The minimum atomic E-state index is -3.43. The zero-order chi connectivity index (χ0) is 14.6. The Bertz CT molecular complexity index is 669. The Morgan fingerprint density at radius 2 is 2.20 bits per heavy atom. The molecule has 2 aromatic rings. The summed E-state index contributed by atoms with van der Waals surface area (Å²) in [6, 6.07) is 5.31. The smallest absolute Gasteiger partial charge is 0.240 e. The summed E-state index contributed by atoms with van der Waals surface area (Å²) in [4.78, 5) is 4.29. The lowest BCUT2D eigenvalue weighted by atomic mass is 10.2. The highest BCUT2D eigenvalue weighted by Crippen LogP contribution is 2.17. The fraction of sp³-hybridized carbons (Fsp3) is 0.308. The molecule has 5 nitrogen and oxygen atoms in total. The third kappa shape index (κ3) is 4.03. The van der Waals surface area contributed by atoms with Crippen LogP contribution in [0.15, 0.2) is 41.8 Å². The number of nitrogens with one attached hydrogen (secondary N) is 1. The standard InChI is InChI=1S/C13H16IN3O2S/c1-11-9-12(14)3-4-13(11)20(18,19)16-5-2-7-17-8-6-15-10-17/h3-4,6,8-10,16H,2,5,7H2,1H3. The predicted molar refractivity (Wildman–Crippen MR) is 85.9 cm³/mol. The molecule has 0 atom stereocenters. The molecule has 0 saturated carbocycles. The summed E-state index contributed by atoms with van der Waals surface area (Å²) in [6.07, 6.45) is 6.01. The number of aryl methyl sites for hydroxylation is 2. The molecule has 1 aromatic heterocycles. The molecule has 0 bridgehead atoms. The molecule has 1 heterocycles. The van der Waals surface area contributed by atoms with Gasteiger partial charge in [0.1, 0.15) is 0 Å². The van der Waals surface area contributed by atoms with E-state index in [1.807, 2.05) is 23.8 Å². The molecule has 20 heavy (non-hydrogen) atoms. The summed E-state index contributed by atoms with van der Waals surface area (Å²) in [5.41, 5.74) is 0.763. The maximum Gasteiger partial charge on any atom is 0.240 e. The van der Waals surface area contributed by atoms with Crippen LogP contribution in [-0.2, 0) is 16.6 Å². The molecule has 0 radical (unpaired) electrons. The van der Waals surface area contributed by atoms with Gasteiger partial charge in [-0.2, -0.15) is 0 Å². The van der Waals surface area contributed by atoms with E-state index in [0.29, 0.717) is 11.4 Å². The number of sulfonamides is 1. The highest BCUT2D eigenvalue weighted by molar-refractivity contribution is 14.1. The average molecular weight is 405 g/mol. The van der Waals surface area contributed by atoms with Crippen molar-refractivity contribution in [1.82, 2.24) is 14.3 Å². The molecule has 0 aliphatic rings. The van der Waals surface area contributed by atoms with Gasteiger partial charge in [-0.25, -0.2) is 18.1 Å². The van der Waals surface area contributed by atoms with Gasteiger partial charge in [0.25, 0.3) is 0 Å². The van der Waals surface area contributed by atoms with Gasteiger partial charge in [-0.1, -0.05) is 0 Å². The second-order valence-corrected chi connectivity index (χ2v) is 7.44. The van der Waals surface area contributed by atoms with Gasteiger partial charge < -0.3 is 4.57 Å². The normalized spacial score (nSPS) is 11.7. The van der Waals surface area contributed by atoms with Crippen molar-refractivity contribution < 1.29 is 8.42 Å². The first-order valence-electron chi connectivity index (χ1n) is 6.20. The minimum absolute atomic E-state index is 0.348. The first-order valence-corrected chi connectivity index (χ1v) is 8.77. The molecule has 0 spiro atoms. The molecule has 1 N–H and O–H groups in total. The molecule has 0 saturated heterocycles. The lowest BCUT2D eigenvalue weighted by Gasteiger charge is -2.09. The maximum atomic E-state index is 12.2.